The molecule has 4 aliphatic heterocycles. The molecule has 4 atom stereocenters. The van der Waals surface area contributed by atoms with Crippen molar-refractivity contribution in [3.63, 3.8) is 0 Å². The van der Waals surface area contributed by atoms with Crippen LogP contribution >= 0.6 is 41.7 Å². The van der Waals surface area contributed by atoms with E-state index in [0.717, 1.165) is 81.4 Å². The summed E-state index contributed by atoms with van der Waals surface area (Å²) in [6.07, 6.45) is 6.85. The lowest BCUT2D eigenvalue weighted by Gasteiger charge is -2.25. The summed E-state index contributed by atoms with van der Waals surface area (Å²) >= 11 is 5.91. The van der Waals surface area contributed by atoms with Crippen LogP contribution in [0.15, 0.2) is 202 Å². The van der Waals surface area contributed by atoms with Crippen LogP contribution in [0.2, 0.25) is 5.02 Å². The van der Waals surface area contributed by atoms with Crippen molar-refractivity contribution in [3.8, 4) is 23.0 Å². The molecule has 8 heterocycles. The lowest BCUT2D eigenvalue weighted by molar-refractivity contribution is 0.350. The number of halogens is 6. The van der Waals surface area contributed by atoms with Gasteiger partial charge in [0.2, 0.25) is 40.1 Å². The Labute approximate surface area is 827 Å². The van der Waals surface area contributed by atoms with E-state index < -0.39 is 150 Å². The van der Waals surface area contributed by atoms with Gasteiger partial charge in [-0.2, -0.15) is 19.1 Å². The maximum Gasteiger partial charge on any atom is 0.348 e. The molecule has 0 bridgehead atoms. The van der Waals surface area contributed by atoms with Crippen LogP contribution < -0.4 is 83.6 Å². The molecular weight excluding hydrogens is 2080 g/mol. The molecule has 1 saturated carbocycles. The van der Waals surface area contributed by atoms with E-state index in [9.17, 15) is 128 Å². The van der Waals surface area contributed by atoms with Crippen LogP contribution in [-0.4, -0.2) is 143 Å². The molecule has 40 nitrogen and oxygen atoms in total. The van der Waals surface area contributed by atoms with Gasteiger partial charge in [-0.3, -0.25) is 56.3 Å². The van der Waals surface area contributed by atoms with Crippen LogP contribution in [0.5, 0.6) is 23.0 Å². The number of aryl methyl sites for hydroxylation is 2. The van der Waals surface area contributed by atoms with Crippen LogP contribution in [0.3, 0.4) is 0 Å². The van der Waals surface area contributed by atoms with E-state index >= 15 is 0 Å². The Morgan fingerprint density at radius 1 is 0.428 bits per heavy atom. The molecular formula is C91H90ClF5N16O24P4S4. The second kappa shape index (κ2) is 39.5. The van der Waals surface area contributed by atoms with Gasteiger partial charge < -0.3 is 79.2 Å². The van der Waals surface area contributed by atoms with Crippen molar-refractivity contribution in [2.24, 2.45) is 36.3 Å². The number of anilines is 8. The number of aromatic nitrogens is 4. The van der Waals surface area contributed by atoms with Gasteiger partial charge in [0.15, 0.2) is 23.3 Å². The molecule has 54 heteroatoms. The maximum absolute atomic E-state index is 14.3. The molecule has 9 aromatic carbocycles. The first kappa shape index (κ1) is 106. The van der Waals surface area contributed by atoms with Gasteiger partial charge in [-0.1, -0.05) is 52.3 Å². The molecule has 0 spiro atoms. The molecule has 0 amide bonds. The van der Waals surface area contributed by atoms with E-state index in [0.29, 0.717) is 41.5 Å². The number of aromatic hydroxyl groups is 4. The molecule has 15 N–H and O–H groups in total. The van der Waals surface area contributed by atoms with E-state index in [-0.39, 0.29) is 176 Å². The van der Waals surface area contributed by atoms with Gasteiger partial charge in [0, 0.05) is 71.0 Å². The molecule has 4 aromatic heterocycles. The molecule has 4 unspecified atom stereocenters. The first-order valence-corrected chi connectivity index (χ1v) is 57.7. The Morgan fingerprint density at radius 2 is 0.731 bits per heavy atom. The minimum absolute atomic E-state index is 0.0139. The van der Waals surface area contributed by atoms with E-state index in [1.807, 2.05) is 34.6 Å². The highest BCUT2D eigenvalue weighted by atomic mass is 35.5. The van der Waals surface area contributed by atoms with Gasteiger partial charge in [-0.15, -0.1) is 0 Å². The average molecular weight is 2170 g/mol. The average Bonchev–Trinajstić information content (AvgIpc) is 0.832. The smallest absolute Gasteiger partial charge is 0.348 e. The standard InChI is InChI=1S/C25H20ClF2N4O6PS.C23H26FN4O6PS.C22H24FN4O6PS.C21H20FN4O6PS/c1-38-39(35)21-11-15(31-40(2,36)37)5-7-19(21)29-24(30-39)22-23(33)16-10-14(27)4-8-20(16)32(25(22)34)12-13-3-6-18(28)17(26)9-13;1-23(2,3)9-10-28-17-8-5-13(24)11-15(17)20(29)19(22(28)30)21-25-16-7-6-14(27-36(4,33)34)12-18(16)35(31,32)26-21;1-12(2)8-9-27-17-7-4-13(23)10-15(17)20(28)19(22(27)29)21-24-16-6-5-14(26-35(3,32)33)11-18(16)34(30,31)25-21;1-34(31,32)25-13-5-6-15-17(9-13)33(29,30)24-20(23-15)18-19(27)14-8-12(22)4-7-16(14)26(21(18)28)10-11-2-3-11/h3-11,31,33H,12H2,1-2H3,(H,29,30,35);5-8,11-12,27,29H,9-10H2,1-4H3,(H2,25,26,31,32);4-7,10-12,26,28H,8-9H2,1-3H3,(H2,24,25,30,31);4-9,11,25,27H,2-3,10H2,1H3,(H2,23,24,29,30). The van der Waals surface area contributed by atoms with Crippen molar-refractivity contribution in [3.05, 3.63) is 267 Å². The number of amidine groups is 4. The Hall–Kier alpha value is -13.4. The number of fused-ring (bicyclic) bond motifs is 8. The summed E-state index contributed by atoms with van der Waals surface area (Å²) in [5.74, 6) is -6.39. The number of pyridine rings is 4. The Kier molecular flexibility index (Phi) is 28.9. The van der Waals surface area contributed by atoms with Gasteiger partial charge in [-0.25, -0.2) is 55.6 Å². The van der Waals surface area contributed by atoms with E-state index in [4.69, 9.17) is 16.1 Å². The zero-order valence-corrected chi connectivity index (χ0v) is 85.3. The third kappa shape index (κ3) is 23.3. The van der Waals surface area contributed by atoms with Crippen LogP contribution in [-0.2, 0) is 89.1 Å². The quantitative estimate of drug-likeness (QED) is 0.0221. The summed E-state index contributed by atoms with van der Waals surface area (Å²) in [4.78, 5) is 86.3. The maximum atomic E-state index is 14.3. The fraction of sp³-hybridized carbons (Fsp3) is 0.231. The zero-order chi connectivity index (χ0) is 106. The fourth-order valence-corrected chi connectivity index (χ4v) is 23.9. The minimum atomic E-state index is -4.50. The van der Waals surface area contributed by atoms with Gasteiger partial charge in [0.1, 0.15) is 74.3 Å². The number of hydrogen-bond acceptors (Lipinski definition) is 25. The van der Waals surface area contributed by atoms with E-state index in [2.05, 4.69) is 59.2 Å². The molecule has 13 aromatic rings. The number of benzene rings is 9. The van der Waals surface area contributed by atoms with Crippen LogP contribution in [0.4, 0.5) is 67.5 Å². The van der Waals surface area contributed by atoms with Crippen LogP contribution in [0, 0.1) is 46.3 Å². The first-order valence-electron chi connectivity index (χ1n) is 43.3. The number of nitrogens with one attached hydrogen (secondary N) is 8. The normalized spacial score (nSPS) is 18.0. The largest absolute Gasteiger partial charge is 0.506 e. The number of sulfonamides is 4. The Balaban J connectivity index is 0.000000146. The Morgan fingerprint density at radius 3 is 1.05 bits per heavy atom. The summed E-state index contributed by atoms with van der Waals surface area (Å²) in [7, 11) is -31.0. The SMILES string of the molecule is CC(C)(C)CCn1c(=O)c(C2=NP(=O)(O)c3cc(NS(C)(=O)=O)ccc3N2)c(O)c2cc(F)ccc21.CC(C)CCn1c(=O)c(C2=NP(=O)(O)c3cc(NS(C)(=O)=O)ccc3N2)c(O)c2cc(F)ccc21.COP1(=O)N=C(c2c(O)c3cc(F)ccc3n(Cc3ccc(F)c(Cl)c3)c2=O)Nc2ccc(NS(C)(=O)=O)cc21.CS(=O)(=O)Nc1ccc2c(c1)P(=O)(O)N=C(c1c(O)c3cc(F)ccc3n(CC3CC3)c1=O)N2. The summed E-state index contributed by atoms with van der Waals surface area (Å²) in [6.45, 7) is 10.7. The molecule has 1 aliphatic carbocycles. The van der Waals surface area contributed by atoms with Crippen molar-refractivity contribution in [1.29, 1.82) is 0 Å². The molecule has 18 rings (SSSR count). The summed E-state index contributed by atoms with van der Waals surface area (Å²) in [6, 6.07) is 34.1. The predicted octanol–water partition coefficient (Wildman–Crippen LogP) is 13.0. The second-order valence-electron chi connectivity index (χ2n) is 36.0. The minimum Gasteiger partial charge on any atom is -0.506 e. The Bertz CT molecular complexity index is 8830. The number of nitrogens with zero attached hydrogens (tertiary/aromatic N) is 8. The highest BCUT2D eigenvalue weighted by Gasteiger charge is 2.41. The van der Waals surface area contributed by atoms with E-state index in [1.54, 1.807) is 0 Å². The van der Waals surface area contributed by atoms with Crippen molar-refractivity contribution in [2.75, 3.05) is 72.3 Å². The van der Waals surface area contributed by atoms with Crippen LogP contribution in [0.1, 0.15) is 88.1 Å². The van der Waals surface area contributed by atoms with Gasteiger partial charge >= 0.3 is 30.1 Å². The highest BCUT2D eigenvalue weighted by Crippen LogP contribution is 2.54. The first-order chi connectivity index (χ1) is 67.5. The molecule has 145 heavy (non-hydrogen) atoms. The molecule has 764 valence electrons. The number of hydrogen-bond donors (Lipinski definition) is 15. The lowest BCUT2D eigenvalue weighted by atomic mass is 9.92. The summed E-state index contributed by atoms with van der Waals surface area (Å²) < 4.78 is 251. The van der Waals surface area contributed by atoms with Crippen molar-refractivity contribution >= 4 is 215 Å². The van der Waals surface area contributed by atoms with Crippen molar-refractivity contribution in [2.45, 2.75) is 86.5 Å². The van der Waals surface area contributed by atoms with E-state index in [1.165, 1.54) is 146 Å². The third-order valence-electron chi connectivity index (χ3n) is 22.9. The highest BCUT2D eigenvalue weighted by molar-refractivity contribution is 7.92. The summed E-state index contributed by atoms with van der Waals surface area (Å²) in [5, 5.41) is 54.7. The zero-order valence-electron chi connectivity index (χ0n) is 77.7. The van der Waals surface area contributed by atoms with Gasteiger partial charge in [0.05, 0.1) is 103 Å². The predicted molar refractivity (Wildman–Crippen MR) is 549 cm³/mol. The second-order valence-corrected chi connectivity index (χ2v) is 50.8. The molecule has 0 saturated heterocycles. The molecule has 0 radical (unpaired) electrons. The molecule has 5 aliphatic rings. The van der Waals surface area contributed by atoms with Crippen molar-refractivity contribution in [1.82, 2.24) is 18.3 Å². The van der Waals surface area contributed by atoms with Crippen molar-refractivity contribution < 1.29 is 114 Å². The summed E-state index contributed by atoms with van der Waals surface area (Å²) in [5.41, 5.74) is -2.06. The lowest BCUT2D eigenvalue weighted by Crippen LogP contribution is -2.34. The van der Waals surface area contributed by atoms with Gasteiger partial charge in [-0.05, 0) is 206 Å². The monoisotopic (exact) mass is 2170 g/mol. The number of rotatable bonds is 22. The van der Waals surface area contributed by atoms with Gasteiger partial charge in [0.25, 0.3) is 22.2 Å². The molecule has 1 fully saturated rings. The fourth-order valence-electron chi connectivity index (χ4n) is 16.1. The van der Waals surface area contributed by atoms with Crippen LogP contribution in [0.25, 0.3) is 43.6 Å². The third-order valence-corrected chi connectivity index (χ3v) is 31.9. The topological polar surface area (TPSA) is 589 Å².